The smallest absolute Gasteiger partial charge is 0.306 e. The molecule has 2 aliphatic rings. The lowest BCUT2D eigenvalue weighted by atomic mass is 9.88. The average molecular weight is 387 g/mol. The largest absolute Gasteiger partial charge is 0.466 e. The van der Waals surface area contributed by atoms with Crippen molar-refractivity contribution in [3.05, 3.63) is 36.0 Å². The Morgan fingerprint density at radius 3 is 2.96 bits per heavy atom. The van der Waals surface area contributed by atoms with Gasteiger partial charge in [0.25, 0.3) is 0 Å². The first-order valence-electron chi connectivity index (χ1n) is 10.4. The molecular formula is C24H34O4. The fraction of sp³-hybridized carbons (Fsp3) is 0.625. The molecule has 0 aromatic carbocycles. The summed E-state index contributed by atoms with van der Waals surface area (Å²) >= 11 is 0. The number of rotatable bonds is 9. The zero-order valence-electron chi connectivity index (χ0n) is 17.3. The minimum absolute atomic E-state index is 0.0748. The van der Waals surface area contributed by atoms with Gasteiger partial charge < -0.3 is 14.9 Å². The molecule has 0 spiro atoms. The highest BCUT2D eigenvalue weighted by molar-refractivity contribution is 5.69. The Bertz CT molecular complexity index is 664. The number of hydrogen-bond acceptors (Lipinski definition) is 4. The number of carbonyl (C=O) groups is 1. The van der Waals surface area contributed by atoms with Crippen LogP contribution in [-0.2, 0) is 9.53 Å². The third kappa shape index (κ3) is 6.36. The van der Waals surface area contributed by atoms with Crippen LogP contribution in [-0.4, -0.2) is 35.0 Å². The molecule has 0 aromatic heterocycles. The molecule has 0 aliphatic heterocycles. The normalized spacial score (nSPS) is 28.7. The fourth-order valence-electron chi connectivity index (χ4n) is 4.16. The molecule has 2 N–H and O–H groups in total. The van der Waals surface area contributed by atoms with Crippen LogP contribution in [0, 0.1) is 35.5 Å². The van der Waals surface area contributed by atoms with Gasteiger partial charge in [-0.15, -0.1) is 11.8 Å². The van der Waals surface area contributed by atoms with E-state index in [1.807, 2.05) is 32.1 Å². The molecule has 4 nitrogen and oxygen atoms in total. The van der Waals surface area contributed by atoms with E-state index >= 15 is 0 Å². The zero-order valence-corrected chi connectivity index (χ0v) is 17.3. The summed E-state index contributed by atoms with van der Waals surface area (Å²) in [4.78, 5) is 11.4. The molecule has 2 aliphatic carbocycles. The lowest BCUT2D eigenvalue weighted by Crippen LogP contribution is -2.19. The van der Waals surface area contributed by atoms with Crippen molar-refractivity contribution in [2.45, 2.75) is 65.1 Å². The zero-order chi connectivity index (χ0) is 20.5. The van der Waals surface area contributed by atoms with Crippen LogP contribution in [0.2, 0.25) is 0 Å². The van der Waals surface area contributed by atoms with Crippen LogP contribution in [0.15, 0.2) is 36.0 Å². The van der Waals surface area contributed by atoms with Crippen LogP contribution in [0.25, 0.3) is 0 Å². The standard InChI is InChI=1S/C24H34O4/c1-4-6-9-17(3)22(25)13-12-20-21-15-18(14-19(21)16-23(20)26)10-7-8-11-24(27)28-5-2/h7,10,12-14,17,19-23,25-26H,5,8-9,11,15-16H2,1-3H3/b10-7?,13-12-/t17?,19-,20-,21-,22+,23+/m0/s1. The van der Waals surface area contributed by atoms with E-state index in [0.29, 0.717) is 37.7 Å². The minimum atomic E-state index is -0.538. The lowest BCUT2D eigenvalue weighted by molar-refractivity contribution is -0.143. The summed E-state index contributed by atoms with van der Waals surface area (Å²) in [5, 5.41) is 20.8. The maximum atomic E-state index is 11.4. The minimum Gasteiger partial charge on any atom is -0.466 e. The predicted octanol–water partition coefficient (Wildman–Crippen LogP) is 3.80. The van der Waals surface area contributed by atoms with Gasteiger partial charge in [0.1, 0.15) is 0 Å². The van der Waals surface area contributed by atoms with Gasteiger partial charge >= 0.3 is 5.97 Å². The van der Waals surface area contributed by atoms with E-state index in [1.54, 1.807) is 6.92 Å². The molecule has 1 fully saturated rings. The molecule has 1 saturated carbocycles. The average Bonchev–Trinajstić information content (AvgIpc) is 3.18. The monoisotopic (exact) mass is 386 g/mol. The van der Waals surface area contributed by atoms with E-state index in [2.05, 4.69) is 24.0 Å². The van der Waals surface area contributed by atoms with Crippen molar-refractivity contribution in [2.24, 2.45) is 23.7 Å². The number of ether oxygens (including phenoxy) is 1. The van der Waals surface area contributed by atoms with Crippen LogP contribution in [0.1, 0.15) is 52.9 Å². The van der Waals surface area contributed by atoms with Crippen LogP contribution >= 0.6 is 0 Å². The maximum Gasteiger partial charge on any atom is 0.306 e. The summed E-state index contributed by atoms with van der Waals surface area (Å²) in [7, 11) is 0. The first-order chi connectivity index (χ1) is 13.5. The Hall–Kier alpha value is -1.83. The number of fused-ring (bicyclic) bond motifs is 1. The lowest BCUT2D eigenvalue weighted by Gasteiger charge is -2.19. The first-order valence-corrected chi connectivity index (χ1v) is 10.4. The van der Waals surface area contributed by atoms with E-state index in [-0.39, 0.29) is 23.9 Å². The topological polar surface area (TPSA) is 66.8 Å². The Balaban J connectivity index is 1.86. The van der Waals surface area contributed by atoms with Crippen LogP contribution in [0.4, 0.5) is 0 Å². The Labute approximate surface area is 169 Å². The number of aliphatic hydroxyl groups excluding tert-OH is 2. The van der Waals surface area contributed by atoms with Crippen molar-refractivity contribution in [2.75, 3.05) is 6.61 Å². The van der Waals surface area contributed by atoms with E-state index < -0.39 is 6.10 Å². The van der Waals surface area contributed by atoms with Gasteiger partial charge in [-0.3, -0.25) is 4.79 Å². The Kier molecular flexibility index (Phi) is 9.02. The van der Waals surface area contributed by atoms with Crippen molar-refractivity contribution in [3.63, 3.8) is 0 Å². The third-order valence-electron chi connectivity index (χ3n) is 5.77. The van der Waals surface area contributed by atoms with Crippen LogP contribution < -0.4 is 0 Å². The van der Waals surface area contributed by atoms with E-state index in [1.165, 1.54) is 5.57 Å². The molecule has 0 saturated heterocycles. The van der Waals surface area contributed by atoms with Crippen molar-refractivity contribution >= 4 is 5.97 Å². The Morgan fingerprint density at radius 1 is 1.46 bits per heavy atom. The maximum absolute atomic E-state index is 11.4. The summed E-state index contributed by atoms with van der Waals surface area (Å²) in [5.41, 5.74) is 1.27. The van der Waals surface area contributed by atoms with Crippen molar-refractivity contribution in [3.8, 4) is 11.8 Å². The first kappa shape index (κ1) is 22.5. The van der Waals surface area contributed by atoms with Crippen molar-refractivity contribution in [1.82, 2.24) is 0 Å². The van der Waals surface area contributed by atoms with Gasteiger partial charge in [0.2, 0.25) is 0 Å². The number of esters is 1. The fourth-order valence-corrected chi connectivity index (χ4v) is 4.16. The van der Waals surface area contributed by atoms with E-state index in [9.17, 15) is 15.0 Å². The number of aliphatic hydroxyl groups is 2. The van der Waals surface area contributed by atoms with E-state index in [4.69, 9.17) is 4.74 Å². The van der Waals surface area contributed by atoms with Gasteiger partial charge in [0.15, 0.2) is 0 Å². The van der Waals surface area contributed by atoms with Gasteiger partial charge in [-0.2, -0.15) is 0 Å². The molecule has 154 valence electrons. The Morgan fingerprint density at radius 2 is 2.25 bits per heavy atom. The second-order valence-corrected chi connectivity index (χ2v) is 7.88. The summed E-state index contributed by atoms with van der Waals surface area (Å²) in [6.45, 7) is 6.03. The summed E-state index contributed by atoms with van der Waals surface area (Å²) < 4.78 is 4.93. The van der Waals surface area contributed by atoms with Gasteiger partial charge in [-0.05, 0) is 50.9 Å². The SMILES string of the molecule is CC#CCC(C)[C@H](O)/C=C\[C@H]1[C@H]2CC(C=CCCC(=O)OCC)=C[C@H]2C[C@H]1O. The summed E-state index contributed by atoms with van der Waals surface area (Å²) in [6, 6.07) is 0. The molecular weight excluding hydrogens is 352 g/mol. The highest BCUT2D eigenvalue weighted by Gasteiger charge is 2.43. The molecule has 0 aromatic rings. The van der Waals surface area contributed by atoms with Gasteiger partial charge in [0, 0.05) is 18.8 Å². The molecule has 4 heteroatoms. The molecule has 0 amide bonds. The number of hydrogen-bond donors (Lipinski definition) is 2. The summed E-state index contributed by atoms with van der Waals surface area (Å²) in [6.07, 6.45) is 12.8. The van der Waals surface area contributed by atoms with Gasteiger partial charge in [-0.1, -0.05) is 42.9 Å². The third-order valence-corrected chi connectivity index (χ3v) is 5.77. The molecule has 0 radical (unpaired) electrons. The van der Waals surface area contributed by atoms with E-state index in [0.717, 1.165) is 12.8 Å². The van der Waals surface area contributed by atoms with Gasteiger partial charge in [0.05, 0.1) is 18.8 Å². The molecule has 1 unspecified atom stereocenters. The predicted molar refractivity (Wildman–Crippen MR) is 111 cm³/mol. The molecule has 2 rings (SSSR count). The number of allylic oxidation sites excluding steroid dienone is 4. The van der Waals surface area contributed by atoms with Crippen LogP contribution in [0.5, 0.6) is 0 Å². The quantitative estimate of drug-likeness (QED) is 0.359. The highest BCUT2D eigenvalue weighted by Crippen LogP contribution is 2.47. The highest BCUT2D eigenvalue weighted by atomic mass is 16.5. The molecule has 0 heterocycles. The van der Waals surface area contributed by atoms with Crippen LogP contribution in [0.3, 0.4) is 0 Å². The summed E-state index contributed by atoms with van der Waals surface area (Å²) in [5.74, 6) is 6.64. The molecule has 6 atom stereocenters. The van der Waals surface area contributed by atoms with Gasteiger partial charge in [-0.25, -0.2) is 0 Å². The number of carbonyl (C=O) groups excluding carboxylic acids is 1. The molecule has 0 bridgehead atoms. The van der Waals surface area contributed by atoms with Crippen molar-refractivity contribution in [1.29, 1.82) is 0 Å². The second kappa shape index (κ2) is 11.2. The molecule has 28 heavy (non-hydrogen) atoms. The second-order valence-electron chi connectivity index (χ2n) is 7.88. The van der Waals surface area contributed by atoms with Crippen molar-refractivity contribution < 1.29 is 19.7 Å².